The molecule has 0 aliphatic rings. The monoisotopic (exact) mass is 261 g/mol. The van der Waals surface area contributed by atoms with E-state index in [9.17, 15) is 0 Å². The first-order valence-electron chi connectivity index (χ1n) is 7.32. The highest BCUT2D eigenvalue weighted by Crippen LogP contribution is 2.14. The number of rotatable bonds is 10. The van der Waals surface area contributed by atoms with Crippen LogP contribution in [0.1, 0.15) is 50.3 Å². The average Bonchev–Trinajstić information content (AvgIpc) is 2.45. The second kappa shape index (κ2) is 9.62. The van der Waals surface area contributed by atoms with Crippen LogP contribution >= 0.6 is 0 Å². The smallest absolute Gasteiger partial charge is 0.0885 e. The molecule has 106 valence electrons. The highest BCUT2D eigenvalue weighted by molar-refractivity contribution is 5.24. The predicted molar refractivity (Wildman–Crippen MR) is 82.2 cm³/mol. The third kappa shape index (κ3) is 6.44. The van der Waals surface area contributed by atoms with Crippen molar-refractivity contribution in [2.75, 3.05) is 13.2 Å². The van der Waals surface area contributed by atoms with Gasteiger partial charge in [0.25, 0.3) is 0 Å². The van der Waals surface area contributed by atoms with E-state index in [4.69, 9.17) is 4.74 Å². The maximum atomic E-state index is 5.10. The lowest BCUT2D eigenvalue weighted by Gasteiger charge is -2.14. The van der Waals surface area contributed by atoms with Gasteiger partial charge in [-0.25, -0.2) is 0 Å². The summed E-state index contributed by atoms with van der Waals surface area (Å²) in [5, 5.41) is 3.51. The fourth-order valence-corrected chi connectivity index (χ4v) is 2.03. The number of hydrogen-bond acceptors (Lipinski definition) is 2. The minimum atomic E-state index is 0.393. The number of ether oxygens (including phenoxy) is 1. The van der Waals surface area contributed by atoms with Crippen molar-refractivity contribution in [1.29, 1.82) is 0 Å². The van der Waals surface area contributed by atoms with Gasteiger partial charge in [-0.05, 0) is 43.9 Å². The van der Waals surface area contributed by atoms with E-state index in [1.807, 2.05) is 0 Å². The SMILES string of the molecule is C=COCCCNC(C)c1ccc(CCCC)cc1. The van der Waals surface area contributed by atoms with Gasteiger partial charge < -0.3 is 10.1 Å². The Hall–Kier alpha value is -1.28. The van der Waals surface area contributed by atoms with Crippen molar-refractivity contribution >= 4 is 0 Å². The van der Waals surface area contributed by atoms with Crippen LogP contribution in [0, 0.1) is 0 Å². The second-order valence-corrected chi connectivity index (χ2v) is 4.91. The number of benzene rings is 1. The molecule has 0 heterocycles. The normalized spacial score (nSPS) is 12.1. The Kier molecular flexibility index (Phi) is 7.99. The van der Waals surface area contributed by atoms with E-state index in [-0.39, 0.29) is 0 Å². The van der Waals surface area contributed by atoms with E-state index in [0.717, 1.165) is 19.6 Å². The molecule has 0 aromatic heterocycles. The molecule has 0 radical (unpaired) electrons. The Morgan fingerprint density at radius 2 is 2.00 bits per heavy atom. The fourth-order valence-electron chi connectivity index (χ4n) is 2.03. The van der Waals surface area contributed by atoms with Gasteiger partial charge in [0, 0.05) is 6.04 Å². The molecule has 19 heavy (non-hydrogen) atoms. The molecular weight excluding hydrogens is 234 g/mol. The molecule has 0 fully saturated rings. The van der Waals surface area contributed by atoms with E-state index in [1.165, 1.54) is 36.7 Å². The summed E-state index contributed by atoms with van der Waals surface area (Å²) in [6.07, 6.45) is 6.23. The molecular formula is C17H27NO. The number of nitrogens with one attached hydrogen (secondary N) is 1. The molecule has 1 N–H and O–H groups in total. The molecule has 0 saturated carbocycles. The molecule has 0 aliphatic heterocycles. The average molecular weight is 261 g/mol. The summed E-state index contributed by atoms with van der Waals surface area (Å²) in [5.41, 5.74) is 2.79. The van der Waals surface area contributed by atoms with Gasteiger partial charge in [0.1, 0.15) is 0 Å². The van der Waals surface area contributed by atoms with E-state index >= 15 is 0 Å². The standard InChI is InChI=1S/C17H27NO/c1-4-6-8-16-9-11-17(12-10-16)15(3)18-13-7-14-19-5-2/h5,9-12,15,18H,2,4,6-8,13-14H2,1,3H3. The van der Waals surface area contributed by atoms with Crippen LogP contribution in [-0.2, 0) is 11.2 Å². The minimum Gasteiger partial charge on any atom is -0.502 e. The molecule has 2 nitrogen and oxygen atoms in total. The van der Waals surface area contributed by atoms with Gasteiger partial charge in [0.05, 0.1) is 12.9 Å². The molecule has 1 aromatic carbocycles. The summed E-state index contributed by atoms with van der Waals surface area (Å²) < 4.78 is 5.10. The maximum absolute atomic E-state index is 5.10. The Morgan fingerprint density at radius 3 is 2.63 bits per heavy atom. The third-order valence-corrected chi connectivity index (χ3v) is 3.31. The summed E-state index contributed by atoms with van der Waals surface area (Å²) in [5.74, 6) is 0. The summed E-state index contributed by atoms with van der Waals surface area (Å²) in [4.78, 5) is 0. The first kappa shape index (κ1) is 15.8. The van der Waals surface area contributed by atoms with Gasteiger partial charge in [-0.15, -0.1) is 0 Å². The van der Waals surface area contributed by atoms with Gasteiger partial charge in [-0.3, -0.25) is 0 Å². The predicted octanol–water partition coefficient (Wildman–Crippen LogP) is 4.23. The highest BCUT2D eigenvalue weighted by Gasteiger charge is 2.04. The van der Waals surface area contributed by atoms with Crippen molar-refractivity contribution < 1.29 is 4.74 Å². The largest absolute Gasteiger partial charge is 0.502 e. The molecule has 0 aliphatic carbocycles. The van der Waals surface area contributed by atoms with Crippen molar-refractivity contribution in [3.8, 4) is 0 Å². The second-order valence-electron chi connectivity index (χ2n) is 4.91. The first-order valence-corrected chi connectivity index (χ1v) is 7.32. The summed E-state index contributed by atoms with van der Waals surface area (Å²) in [6.45, 7) is 9.66. The van der Waals surface area contributed by atoms with Crippen molar-refractivity contribution in [3.05, 3.63) is 48.2 Å². The molecule has 1 aromatic rings. The van der Waals surface area contributed by atoms with Crippen LogP contribution in [0.15, 0.2) is 37.1 Å². The highest BCUT2D eigenvalue weighted by atomic mass is 16.5. The number of hydrogen-bond donors (Lipinski definition) is 1. The molecule has 1 rings (SSSR count). The van der Waals surface area contributed by atoms with E-state index in [2.05, 4.69) is 50.0 Å². The number of unbranched alkanes of at least 4 members (excludes halogenated alkanes) is 1. The van der Waals surface area contributed by atoms with Crippen molar-refractivity contribution in [2.24, 2.45) is 0 Å². The van der Waals surface area contributed by atoms with Gasteiger partial charge >= 0.3 is 0 Å². The van der Waals surface area contributed by atoms with Gasteiger partial charge in [0.2, 0.25) is 0 Å². The van der Waals surface area contributed by atoms with Crippen LogP contribution in [0.3, 0.4) is 0 Å². The Bertz CT molecular complexity index is 345. The quantitative estimate of drug-likeness (QED) is 0.502. The van der Waals surface area contributed by atoms with Crippen LogP contribution in [0.5, 0.6) is 0 Å². The van der Waals surface area contributed by atoms with E-state index in [0.29, 0.717) is 6.04 Å². The van der Waals surface area contributed by atoms with Gasteiger partial charge in [-0.2, -0.15) is 0 Å². The Balaban J connectivity index is 2.31. The lowest BCUT2D eigenvalue weighted by atomic mass is 10.0. The van der Waals surface area contributed by atoms with Crippen LogP contribution in [0.25, 0.3) is 0 Å². The van der Waals surface area contributed by atoms with E-state index < -0.39 is 0 Å². The summed E-state index contributed by atoms with van der Waals surface area (Å²) in [6, 6.07) is 9.38. The third-order valence-electron chi connectivity index (χ3n) is 3.31. The van der Waals surface area contributed by atoms with Crippen molar-refractivity contribution in [1.82, 2.24) is 5.32 Å². The molecule has 0 amide bonds. The van der Waals surface area contributed by atoms with Gasteiger partial charge in [0.15, 0.2) is 0 Å². The topological polar surface area (TPSA) is 21.3 Å². The van der Waals surface area contributed by atoms with Crippen LogP contribution in [0.4, 0.5) is 0 Å². The molecule has 0 bridgehead atoms. The molecule has 2 heteroatoms. The summed E-state index contributed by atoms with van der Waals surface area (Å²) >= 11 is 0. The zero-order valence-corrected chi connectivity index (χ0v) is 12.3. The molecule has 0 saturated heterocycles. The molecule has 1 atom stereocenters. The maximum Gasteiger partial charge on any atom is 0.0885 e. The summed E-state index contributed by atoms with van der Waals surface area (Å²) in [7, 11) is 0. The van der Waals surface area contributed by atoms with E-state index in [1.54, 1.807) is 0 Å². The zero-order chi connectivity index (χ0) is 13.9. The van der Waals surface area contributed by atoms with Crippen molar-refractivity contribution in [3.63, 3.8) is 0 Å². The lowest BCUT2D eigenvalue weighted by Crippen LogP contribution is -2.20. The lowest BCUT2D eigenvalue weighted by molar-refractivity contribution is 0.243. The van der Waals surface area contributed by atoms with Crippen molar-refractivity contribution in [2.45, 2.75) is 45.6 Å². The van der Waals surface area contributed by atoms with Crippen LogP contribution < -0.4 is 5.32 Å². The van der Waals surface area contributed by atoms with Gasteiger partial charge in [-0.1, -0.05) is 44.2 Å². The van der Waals surface area contributed by atoms with Crippen LogP contribution in [-0.4, -0.2) is 13.2 Å². The minimum absolute atomic E-state index is 0.393. The Morgan fingerprint density at radius 1 is 1.26 bits per heavy atom. The molecule has 1 unspecified atom stereocenters. The van der Waals surface area contributed by atoms with Crippen LogP contribution in [0.2, 0.25) is 0 Å². The fraction of sp³-hybridized carbons (Fsp3) is 0.529. The first-order chi connectivity index (χ1) is 9.27. The zero-order valence-electron chi connectivity index (χ0n) is 12.3. The number of aryl methyl sites for hydroxylation is 1. The molecule has 0 spiro atoms. The Labute approximate surface area is 117 Å².